The van der Waals surface area contributed by atoms with Crippen LogP contribution in [0.2, 0.25) is 0 Å². The van der Waals surface area contributed by atoms with Gasteiger partial charge in [-0.3, -0.25) is 9.59 Å². The Balaban J connectivity index is 3.42. The van der Waals surface area contributed by atoms with Crippen molar-refractivity contribution in [1.29, 1.82) is 0 Å². The molecule has 4 nitrogen and oxygen atoms in total. The summed E-state index contributed by atoms with van der Waals surface area (Å²) in [5, 5.41) is 0. The van der Waals surface area contributed by atoms with Crippen molar-refractivity contribution in [3.05, 3.63) is 0 Å². The van der Waals surface area contributed by atoms with Gasteiger partial charge >= 0.3 is 11.9 Å². The zero-order chi connectivity index (χ0) is 20.5. The Morgan fingerprint density at radius 2 is 1.11 bits per heavy atom. The molecule has 0 N–H and O–H groups in total. The van der Waals surface area contributed by atoms with E-state index in [2.05, 4.69) is 34.6 Å². The van der Waals surface area contributed by atoms with Crippen molar-refractivity contribution in [2.45, 2.75) is 105 Å². The molecule has 0 heterocycles. The Bertz CT molecular complexity index is 377. The van der Waals surface area contributed by atoms with E-state index in [9.17, 15) is 9.59 Å². The van der Waals surface area contributed by atoms with E-state index in [4.69, 9.17) is 9.47 Å². The molecule has 0 radical (unpaired) electrons. The topological polar surface area (TPSA) is 52.6 Å². The molecule has 0 aliphatic rings. The number of rotatable bonds is 17. The zero-order valence-corrected chi connectivity index (χ0v) is 18.6. The van der Waals surface area contributed by atoms with Crippen LogP contribution in [-0.2, 0) is 19.1 Å². The zero-order valence-electron chi connectivity index (χ0n) is 18.6. The Hall–Kier alpha value is -1.06. The molecular formula is C23H44O4. The molecule has 0 spiro atoms. The summed E-state index contributed by atoms with van der Waals surface area (Å²) in [7, 11) is 0. The number of unbranched alkanes of at least 4 members (excludes halogenated alkanes) is 5. The van der Waals surface area contributed by atoms with E-state index in [-0.39, 0.29) is 11.9 Å². The first-order valence-corrected chi connectivity index (χ1v) is 11.1. The van der Waals surface area contributed by atoms with Gasteiger partial charge < -0.3 is 9.47 Å². The maximum atomic E-state index is 11.7. The molecule has 0 aromatic carbocycles. The lowest BCUT2D eigenvalue weighted by Gasteiger charge is -2.11. The molecule has 160 valence electrons. The minimum absolute atomic E-state index is 0.0512. The van der Waals surface area contributed by atoms with Gasteiger partial charge in [-0.2, -0.15) is 0 Å². The fraction of sp³-hybridized carbons (Fsp3) is 0.913. The van der Waals surface area contributed by atoms with Gasteiger partial charge in [-0.05, 0) is 37.0 Å². The van der Waals surface area contributed by atoms with Crippen LogP contribution in [0.15, 0.2) is 0 Å². The Labute approximate surface area is 167 Å². The highest BCUT2D eigenvalue weighted by Crippen LogP contribution is 2.16. The average Bonchev–Trinajstić information content (AvgIpc) is 2.56. The van der Waals surface area contributed by atoms with E-state index in [1.165, 1.54) is 19.3 Å². The van der Waals surface area contributed by atoms with E-state index >= 15 is 0 Å². The third kappa shape index (κ3) is 19.5. The molecule has 0 aliphatic heterocycles. The molecule has 0 saturated carbocycles. The second kappa shape index (κ2) is 17.1. The number of hydrogen-bond donors (Lipinski definition) is 0. The van der Waals surface area contributed by atoms with E-state index in [1.807, 2.05) is 0 Å². The van der Waals surface area contributed by atoms with Crippen LogP contribution in [-0.4, -0.2) is 25.2 Å². The summed E-state index contributed by atoms with van der Waals surface area (Å²) < 4.78 is 10.5. The standard InChI is InChI=1S/C23H44O4/c1-19(2)14-16-26-22(24)13-11-9-7-6-8-10-12-21(5)18-23(25)27-17-15-20(3)4/h19-21H,6-18H2,1-5H3. The van der Waals surface area contributed by atoms with Crippen LogP contribution in [0.1, 0.15) is 105 Å². The van der Waals surface area contributed by atoms with Gasteiger partial charge in [0, 0.05) is 12.8 Å². The number of carbonyl (C=O) groups is 2. The largest absolute Gasteiger partial charge is 0.466 e. The highest BCUT2D eigenvalue weighted by molar-refractivity contribution is 5.69. The fourth-order valence-corrected chi connectivity index (χ4v) is 2.80. The molecule has 0 aromatic rings. The van der Waals surface area contributed by atoms with E-state index in [0.29, 0.717) is 43.8 Å². The van der Waals surface area contributed by atoms with Gasteiger partial charge in [0.1, 0.15) is 0 Å². The van der Waals surface area contributed by atoms with Crippen LogP contribution in [0.5, 0.6) is 0 Å². The molecular weight excluding hydrogens is 340 g/mol. The average molecular weight is 385 g/mol. The SMILES string of the molecule is CC(C)CCOC(=O)CCCCCCCCC(C)CC(=O)OCCC(C)C. The summed E-state index contributed by atoms with van der Waals surface area (Å²) in [4.78, 5) is 23.3. The first kappa shape index (κ1) is 25.9. The molecule has 0 aromatic heterocycles. The minimum Gasteiger partial charge on any atom is -0.466 e. The third-order valence-electron chi connectivity index (χ3n) is 4.76. The Morgan fingerprint density at radius 3 is 1.67 bits per heavy atom. The third-order valence-corrected chi connectivity index (χ3v) is 4.76. The highest BCUT2D eigenvalue weighted by atomic mass is 16.5. The van der Waals surface area contributed by atoms with Gasteiger partial charge in [0.15, 0.2) is 0 Å². The number of carbonyl (C=O) groups excluding carboxylic acids is 2. The summed E-state index contributed by atoms with van der Waals surface area (Å²) >= 11 is 0. The summed E-state index contributed by atoms with van der Waals surface area (Å²) in [5.74, 6) is 1.45. The molecule has 27 heavy (non-hydrogen) atoms. The Kier molecular flexibility index (Phi) is 16.4. The molecule has 0 amide bonds. The van der Waals surface area contributed by atoms with Gasteiger partial charge in [0.05, 0.1) is 13.2 Å². The highest BCUT2D eigenvalue weighted by Gasteiger charge is 2.10. The molecule has 1 atom stereocenters. The van der Waals surface area contributed by atoms with Crippen molar-refractivity contribution in [2.75, 3.05) is 13.2 Å². The second-order valence-corrected chi connectivity index (χ2v) is 8.78. The van der Waals surface area contributed by atoms with Crippen LogP contribution < -0.4 is 0 Å². The number of ether oxygens (including phenoxy) is 2. The normalized spacial score (nSPS) is 12.4. The van der Waals surface area contributed by atoms with Gasteiger partial charge in [0.2, 0.25) is 0 Å². The van der Waals surface area contributed by atoms with Gasteiger partial charge in [0.25, 0.3) is 0 Å². The maximum absolute atomic E-state index is 11.7. The predicted molar refractivity (Wildman–Crippen MR) is 112 cm³/mol. The summed E-state index contributed by atoms with van der Waals surface area (Å²) in [6.45, 7) is 11.8. The molecule has 0 aliphatic carbocycles. The first-order valence-electron chi connectivity index (χ1n) is 11.1. The number of hydrogen-bond acceptors (Lipinski definition) is 4. The molecule has 4 heteroatoms. The predicted octanol–water partition coefficient (Wildman–Crippen LogP) is 6.31. The lowest BCUT2D eigenvalue weighted by molar-refractivity contribution is -0.145. The fourth-order valence-electron chi connectivity index (χ4n) is 2.80. The van der Waals surface area contributed by atoms with Gasteiger partial charge in [-0.25, -0.2) is 0 Å². The van der Waals surface area contributed by atoms with Crippen molar-refractivity contribution in [2.24, 2.45) is 17.8 Å². The van der Waals surface area contributed by atoms with E-state index in [0.717, 1.165) is 38.5 Å². The van der Waals surface area contributed by atoms with Crippen LogP contribution in [0, 0.1) is 17.8 Å². The van der Waals surface area contributed by atoms with E-state index in [1.54, 1.807) is 0 Å². The van der Waals surface area contributed by atoms with E-state index < -0.39 is 0 Å². The van der Waals surface area contributed by atoms with Crippen molar-refractivity contribution in [3.63, 3.8) is 0 Å². The van der Waals surface area contributed by atoms with Gasteiger partial charge in [-0.15, -0.1) is 0 Å². The summed E-state index contributed by atoms with van der Waals surface area (Å²) in [6, 6.07) is 0. The van der Waals surface area contributed by atoms with Crippen molar-refractivity contribution >= 4 is 11.9 Å². The summed E-state index contributed by atoms with van der Waals surface area (Å²) in [6.07, 6.45) is 10.8. The van der Waals surface area contributed by atoms with Crippen LogP contribution >= 0.6 is 0 Å². The van der Waals surface area contributed by atoms with Crippen LogP contribution in [0.25, 0.3) is 0 Å². The number of esters is 2. The van der Waals surface area contributed by atoms with Gasteiger partial charge in [-0.1, -0.05) is 73.1 Å². The summed E-state index contributed by atoms with van der Waals surface area (Å²) in [5.41, 5.74) is 0. The monoisotopic (exact) mass is 384 g/mol. The molecule has 0 saturated heterocycles. The van der Waals surface area contributed by atoms with Crippen LogP contribution in [0.4, 0.5) is 0 Å². The van der Waals surface area contributed by atoms with Crippen LogP contribution in [0.3, 0.4) is 0 Å². The quantitative estimate of drug-likeness (QED) is 0.218. The Morgan fingerprint density at radius 1 is 0.630 bits per heavy atom. The molecule has 0 bridgehead atoms. The molecule has 1 unspecified atom stereocenters. The van der Waals surface area contributed by atoms with Crippen molar-refractivity contribution in [3.8, 4) is 0 Å². The maximum Gasteiger partial charge on any atom is 0.306 e. The van der Waals surface area contributed by atoms with Crippen molar-refractivity contribution in [1.82, 2.24) is 0 Å². The first-order chi connectivity index (χ1) is 12.8. The minimum atomic E-state index is -0.0524. The molecule has 0 fully saturated rings. The second-order valence-electron chi connectivity index (χ2n) is 8.78. The lowest BCUT2D eigenvalue weighted by atomic mass is 9.99. The lowest BCUT2D eigenvalue weighted by Crippen LogP contribution is -2.11. The molecule has 0 rings (SSSR count). The smallest absolute Gasteiger partial charge is 0.306 e. The van der Waals surface area contributed by atoms with Crippen molar-refractivity contribution < 1.29 is 19.1 Å².